The molecule has 59 valence electrons. The fourth-order valence-corrected chi connectivity index (χ4v) is 2.52. The zero-order valence-electron chi connectivity index (χ0n) is 7.52. The summed E-state index contributed by atoms with van der Waals surface area (Å²) in [7, 11) is -1.07. The highest BCUT2D eigenvalue weighted by Gasteiger charge is 2.19. The van der Waals surface area contributed by atoms with Crippen LogP contribution in [0.2, 0.25) is 19.1 Å². The van der Waals surface area contributed by atoms with E-state index in [1.165, 1.54) is 6.04 Å². The molecule has 0 nitrogen and oxygen atoms in total. The quantitative estimate of drug-likeness (QED) is 0.587. The van der Waals surface area contributed by atoms with Crippen molar-refractivity contribution < 1.29 is 0 Å². The maximum Gasteiger partial charge on any atom is 0.0803 e. The lowest BCUT2D eigenvalue weighted by atomic mass is 10.4. The number of rotatable bonds is 2. The van der Waals surface area contributed by atoms with Gasteiger partial charge in [0.2, 0.25) is 0 Å². The van der Waals surface area contributed by atoms with Gasteiger partial charge in [-0.1, -0.05) is 55.5 Å². The zero-order chi connectivity index (χ0) is 8.32. The second-order valence-electron chi connectivity index (χ2n) is 3.53. The predicted octanol–water partition coefficient (Wildman–Crippen LogP) is 2.42. The lowest BCUT2D eigenvalue weighted by Gasteiger charge is -2.20. The van der Waals surface area contributed by atoms with Crippen molar-refractivity contribution >= 4 is 13.3 Å². The molecule has 0 bridgehead atoms. The molecule has 0 aromatic heterocycles. The summed E-state index contributed by atoms with van der Waals surface area (Å²) in [6.07, 6.45) is 0. The molecular weight excluding hydrogens is 148 g/mol. The van der Waals surface area contributed by atoms with E-state index < -0.39 is 8.07 Å². The molecule has 0 saturated carbocycles. The van der Waals surface area contributed by atoms with Crippen LogP contribution in [0.1, 0.15) is 6.92 Å². The van der Waals surface area contributed by atoms with Crippen LogP contribution >= 0.6 is 0 Å². The molecule has 1 radical (unpaired) electrons. The second kappa shape index (κ2) is 3.22. The molecule has 0 fully saturated rings. The van der Waals surface area contributed by atoms with Crippen LogP contribution in [0.4, 0.5) is 0 Å². The average molecular weight is 163 g/mol. The van der Waals surface area contributed by atoms with Gasteiger partial charge in [0, 0.05) is 0 Å². The summed E-state index contributed by atoms with van der Waals surface area (Å²) in [5, 5.41) is 1.54. The Morgan fingerprint density at radius 2 is 1.82 bits per heavy atom. The Labute approximate surface area is 70.3 Å². The molecule has 0 amide bonds. The monoisotopic (exact) mass is 163 g/mol. The molecule has 0 N–H and O–H groups in total. The highest BCUT2D eigenvalue weighted by atomic mass is 28.3. The lowest BCUT2D eigenvalue weighted by molar-refractivity contribution is 1.37. The molecule has 0 heterocycles. The molecule has 11 heavy (non-hydrogen) atoms. The Morgan fingerprint density at radius 1 is 1.27 bits per heavy atom. The molecule has 0 saturated heterocycles. The summed E-state index contributed by atoms with van der Waals surface area (Å²) < 4.78 is 0. The maximum absolute atomic E-state index is 3.05. The van der Waals surface area contributed by atoms with E-state index in [-0.39, 0.29) is 0 Å². The van der Waals surface area contributed by atoms with Crippen molar-refractivity contribution in [2.75, 3.05) is 0 Å². The van der Waals surface area contributed by atoms with Gasteiger partial charge in [0.1, 0.15) is 0 Å². The van der Waals surface area contributed by atoms with E-state index in [1.54, 1.807) is 5.19 Å². The van der Waals surface area contributed by atoms with E-state index in [0.29, 0.717) is 0 Å². The first kappa shape index (κ1) is 8.53. The highest BCUT2D eigenvalue weighted by molar-refractivity contribution is 6.89. The van der Waals surface area contributed by atoms with E-state index in [2.05, 4.69) is 38.2 Å². The smallest absolute Gasteiger partial charge is 0.0675 e. The standard InChI is InChI=1S/C10H15Si/c1-4-11(2,3)10-8-6-5-7-9-10/h6-9H,4H2,1-3H3. The first-order chi connectivity index (χ1) is 5.17. The van der Waals surface area contributed by atoms with Crippen molar-refractivity contribution in [3.63, 3.8) is 0 Å². The van der Waals surface area contributed by atoms with E-state index in [4.69, 9.17) is 0 Å². The molecule has 0 spiro atoms. The molecule has 0 atom stereocenters. The number of hydrogen-bond donors (Lipinski definition) is 0. The third-order valence-corrected chi connectivity index (χ3v) is 6.05. The van der Waals surface area contributed by atoms with Gasteiger partial charge in [-0.2, -0.15) is 0 Å². The van der Waals surface area contributed by atoms with Crippen LogP contribution < -0.4 is 5.19 Å². The third kappa shape index (κ3) is 1.93. The molecule has 0 aliphatic heterocycles. The minimum Gasteiger partial charge on any atom is -0.0675 e. The average Bonchev–Trinajstić information content (AvgIpc) is 2.06. The Bertz CT molecular complexity index is 214. The van der Waals surface area contributed by atoms with Crippen molar-refractivity contribution in [2.24, 2.45) is 0 Å². The molecule has 1 aromatic carbocycles. The SMILES string of the molecule is CC[Si](C)(C)c1cc[c]cc1. The predicted molar refractivity (Wildman–Crippen MR) is 52.9 cm³/mol. The van der Waals surface area contributed by atoms with Gasteiger partial charge in [0.25, 0.3) is 0 Å². The van der Waals surface area contributed by atoms with E-state index in [0.717, 1.165) is 0 Å². The number of benzene rings is 1. The van der Waals surface area contributed by atoms with Crippen molar-refractivity contribution in [2.45, 2.75) is 26.1 Å². The third-order valence-electron chi connectivity index (χ3n) is 2.38. The highest BCUT2D eigenvalue weighted by Crippen LogP contribution is 2.07. The van der Waals surface area contributed by atoms with Crippen LogP contribution in [0.3, 0.4) is 0 Å². The summed E-state index contributed by atoms with van der Waals surface area (Å²) >= 11 is 0. The van der Waals surface area contributed by atoms with Crippen molar-refractivity contribution in [1.29, 1.82) is 0 Å². The summed E-state index contributed by atoms with van der Waals surface area (Å²) in [6, 6.07) is 12.8. The molecule has 0 aliphatic rings. The molecule has 1 aromatic rings. The van der Waals surface area contributed by atoms with Gasteiger partial charge < -0.3 is 0 Å². The Hall–Kier alpha value is -0.563. The van der Waals surface area contributed by atoms with E-state index in [9.17, 15) is 0 Å². The van der Waals surface area contributed by atoms with Gasteiger partial charge in [-0.3, -0.25) is 0 Å². The summed E-state index contributed by atoms with van der Waals surface area (Å²) in [4.78, 5) is 0. The van der Waals surface area contributed by atoms with Gasteiger partial charge >= 0.3 is 0 Å². The Balaban J connectivity index is 2.93. The number of hydrogen-bond acceptors (Lipinski definition) is 0. The van der Waals surface area contributed by atoms with Crippen LogP contribution in [0.25, 0.3) is 0 Å². The zero-order valence-corrected chi connectivity index (χ0v) is 8.52. The molecule has 0 aliphatic carbocycles. The van der Waals surface area contributed by atoms with Gasteiger partial charge in [0.15, 0.2) is 0 Å². The fraction of sp³-hybridized carbons (Fsp3) is 0.400. The second-order valence-corrected chi connectivity index (χ2v) is 8.58. The Kier molecular flexibility index (Phi) is 2.50. The van der Waals surface area contributed by atoms with Crippen LogP contribution in [-0.4, -0.2) is 8.07 Å². The van der Waals surface area contributed by atoms with E-state index in [1.807, 2.05) is 12.1 Å². The summed E-state index contributed by atoms with van der Waals surface area (Å²) in [5.74, 6) is 0. The maximum atomic E-state index is 3.05. The van der Waals surface area contributed by atoms with Crippen molar-refractivity contribution in [1.82, 2.24) is 0 Å². The van der Waals surface area contributed by atoms with Gasteiger partial charge in [-0.15, -0.1) is 0 Å². The van der Waals surface area contributed by atoms with E-state index >= 15 is 0 Å². The fourth-order valence-electron chi connectivity index (χ4n) is 1.04. The van der Waals surface area contributed by atoms with Gasteiger partial charge in [-0.25, -0.2) is 0 Å². The summed E-state index contributed by atoms with van der Waals surface area (Å²) in [6.45, 7) is 7.09. The summed E-state index contributed by atoms with van der Waals surface area (Å²) in [5.41, 5.74) is 0. The van der Waals surface area contributed by atoms with Crippen LogP contribution in [0.5, 0.6) is 0 Å². The van der Waals surface area contributed by atoms with Gasteiger partial charge in [0.05, 0.1) is 8.07 Å². The molecule has 0 unspecified atom stereocenters. The first-order valence-electron chi connectivity index (χ1n) is 4.13. The topological polar surface area (TPSA) is 0 Å². The first-order valence-corrected chi connectivity index (χ1v) is 7.34. The van der Waals surface area contributed by atoms with Crippen molar-refractivity contribution in [3.05, 3.63) is 30.3 Å². The lowest BCUT2D eigenvalue weighted by Crippen LogP contribution is -2.39. The van der Waals surface area contributed by atoms with Crippen LogP contribution in [0.15, 0.2) is 24.3 Å². The minimum atomic E-state index is -1.07. The molecule has 1 heteroatoms. The minimum absolute atomic E-state index is 1.07. The Morgan fingerprint density at radius 3 is 2.27 bits per heavy atom. The van der Waals surface area contributed by atoms with Crippen LogP contribution in [-0.2, 0) is 0 Å². The molecular formula is C10H15Si. The van der Waals surface area contributed by atoms with Crippen molar-refractivity contribution in [3.8, 4) is 0 Å². The van der Waals surface area contributed by atoms with Gasteiger partial charge in [-0.05, 0) is 6.07 Å². The van der Waals surface area contributed by atoms with Crippen LogP contribution in [0, 0.1) is 6.07 Å². The molecule has 1 rings (SSSR count). The normalized spacial score (nSPS) is 11.5. The largest absolute Gasteiger partial charge is 0.0803 e.